The minimum absolute atomic E-state index is 0.631. The van der Waals surface area contributed by atoms with Gasteiger partial charge >= 0.3 is 0 Å². The highest BCUT2D eigenvalue weighted by Gasteiger charge is 2.34. The molecule has 2 nitrogen and oxygen atoms in total. The summed E-state index contributed by atoms with van der Waals surface area (Å²) < 4.78 is 5.53. The molecule has 0 N–H and O–H groups in total. The second kappa shape index (κ2) is 7.72. The Morgan fingerprint density at radius 2 is 1.57 bits per heavy atom. The molecular formula is C17H33NOSi2. The van der Waals surface area contributed by atoms with Crippen LogP contribution >= 0.6 is 0 Å². The van der Waals surface area contributed by atoms with Crippen LogP contribution in [0.4, 0.5) is 0 Å². The first-order chi connectivity index (χ1) is 9.63. The predicted molar refractivity (Wildman–Crippen MR) is 99.2 cm³/mol. The van der Waals surface area contributed by atoms with E-state index in [0.29, 0.717) is 5.67 Å². The highest BCUT2D eigenvalue weighted by molar-refractivity contribution is 6.78. The van der Waals surface area contributed by atoms with Gasteiger partial charge < -0.3 is 4.74 Å². The molecule has 0 spiro atoms. The van der Waals surface area contributed by atoms with Gasteiger partial charge in [-0.3, -0.25) is 4.90 Å². The van der Waals surface area contributed by atoms with Gasteiger partial charge in [0.15, 0.2) is 0 Å². The average molecular weight is 324 g/mol. The van der Waals surface area contributed by atoms with Gasteiger partial charge in [-0.25, -0.2) is 0 Å². The summed E-state index contributed by atoms with van der Waals surface area (Å²) in [7, 11) is -0.629. The van der Waals surface area contributed by atoms with Crippen LogP contribution in [0.3, 0.4) is 0 Å². The maximum atomic E-state index is 5.53. The van der Waals surface area contributed by atoms with E-state index in [0.717, 1.165) is 13.2 Å². The van der Waals surface area contributed by atoms with E-state index in [2.05, 4.69) is 74.5 Å². The summed E-state index contributed by atoms with van der Waals surface area (Å²) in [6, 6.07) is 10.9. The standard InChI is InChI=1S/C17H33NOSi2/c1-19-14-18(15-20(2,3)4)17(21(5,6)7)13-16-11-9-8-10-12-16/h8-12,17H,13-15H2,1-7H3. The van der Waals surface area contributed by atoms with E-state index in [4.69, 9.17) is 4.74 Å². The van der Waals surface area contributed by atoms with Crippen molar-refractivity contribution >= 4 is 16.1 Å². The van der Waals surface area contributed by atoms with Crippen molar-refractivity contribution in [2.45, 2.75) is 51.4 Å². The molecule has 21 heavy (non-hydrogen) atoms. The van der Waals surface area contributed by atoms with E-state index >= 15 is 0 Å². The maximum Gasteiger partial charge on any atom is 0.0983 e. The lowest BCUT2D eigenvalue weighted by atomic mass is 10.1. The second-order valence-corrected chi connectivity index (χ2v) is 19.1. The van der Waals surface area contributed by atoms with Gasteiger partial charge in [0.1, 0.15) is 0 Å². The molecule has 1 aromatic carbocycles. The first-order valence-corrected chi connectivity index (χ1v) is 15.2. The summed E-state index contributed by atoms with van der Waals surface area (Å²) in [4.78, 5) is 2.62. The lowest BCUT2D eigenvalue weighted by Crippen LogP contribution is -2.56. The number of rotatable bonds is 8. The van der Waals surface area contributed by atoms with Crippen molar-refractivity contribution in [1.82, 2.24) is 4.90 Å². The number of hydrogen-bond acceptors (Lipinski definition) is 2. The zero-order valence-electron chi connectivity index (χ0n) is 14.9. The molecular weight excluding hydrogens is 290 g/mol. The Balaban J connectivity index is 2.98. The van der Waals surface area contributed by atoms with Crippen LogP contribution in [0.25, 0.3) is 0 Å². The molecule has 0 aromatic heterocycles. The van der Waals surface area contributed by atoms with Crippen LogP contribution in [0.15, 0.2) is 30.3 Å². The molecule has 0 saturated carbocycles. The molecule has 4 heteroatoms. The Bertz CT molecular complexity index is 409. The van der Waals surface area contributed by atoms with Crippen LogP contribution in [-0.4, -0.2) is 46.7 Å². The van der Waals surface area contributed by atoms with Gasteiger partial charge in [-0.05, 0) is 18.2 Å². The van der Waals surface area contributed by atoms with E-state index < -0.39 is 16.1 Å². The Kier molecular flexibility index (Phi) is 6.85. The first-order valence-electron chi connectivity index (χ1n) is 7.90. The van der Waals surface area contributed by atoms with Crippen LogP contribution in [0, 0.1) is 0 Å². The van der Waals surface area contributed by atoms with Crippen molar-refractivity contribution in [3.05, 3.63) is 35.9 Å². The zero-order chi connectivity index (χ0) is 16.1. The Morgan fingerprint density at radius 3 is 2.00 bits per heavy atom. The van der Waals surface area contributed by atoms with Crippen molar-refractivity contribution in [2.75, 3.05) is 20.0 Å². The summed E-state index contributed by atoms with van der Waals surface area (Å²) in [5.41, 5.74) is 2.08. The smallest absolute Gasteiger partial charge is 0.0983 e. The Morgan fingerprint density at radius 1 is 1.00 bits per heavy atom. The lowest BCUT2D eigenvalue weighted by Gasteiger charge is -2.41. The van der Waals surface area contributed by atoms with Gasteiger partial charge in [0.25, 0.3) is 0 Å². The van der Waals surface area contributed by atoms with E-state index in [9.17, 15) is 0 Å². The summed E-state index contributed by atoms with van der Waals surface area (Å²) in [5, 5.41) is 0. The average Bonchev–Trinajstić information content (AvgIpc) is 2.34. The van der Waals surface area contributed by atoms with Gasteiger partial charge in [-0.15, -0.1) is 0 Å². The molecule has 0 fully saturated rings. The fourth-order valence-electron chi connectivity index (χ4n) is 2.84. The molecule has 0 aliphatic rings. The molecule has 0 saturated heterocycles. The molecule has 0 aliphatic heterocycles. The van der Waals surface area contributed by atoms with Crippen molar-refractivity contribution in [3.8, 4) is 0 Å². The van der Waals surface area contributed by atoms with Crippen LogP contribution in [0.5, 0.6) is 0 Å². The highest BCUT2D eigenvalue weighted by Crippen LogP contribution is 2.21. The van der Waals surface area contributed by atoms with Crippen molar-refractivity contribution < 1.29 is 4.74 Å². The van der Waals surface area contributed by atoms with Crippen LogP contribution < -0.4 is 0 Å². The fourth-order valence-corrected chi connectivity index (χ4v) is 6.66. The van der Waals surface area contributed by atoms with Crippen LogP contribution in [-0.2, 0) is 11.2 Å². The third-order valence-electron chi connectivity index (χ3n) is 3.68. The third-order valence-corrected chi connectivity index (χ3v) is 7.61. The van der Waals surface area contributed by atoms with Gasteiger partial charge in [0.2, 0.25) is 0 Å². The lowest BCUT2D eigenvalue weighted by molar-refractivity contribution is 0.0628. The van der Waals surface area contributed by atoms with E-state index in [1.165, 1.54) is 11.7 Å². The molecule has 1 aromatic rings. The van der Waals surface area contributed by atoms with Crippen LogP contribution in [0.2, 0.25) is 39.3 Å². The highest BCUT2D eigenvalue weighted by atomic mass is 28.3. The van der Waals surface area contributed by atoms with E-state index in [1.807, 2.05) is 7.11 Å². The van der Waals surface area contributed by atoms with Gasteiger partial charge in [0.05, 0.1) is 22.9 Å². The number of methoxy groups -OCH3 is 1. The number of benzene rings is 1. The van der Waals surface area contributed by atoms with Gasteiger partial charge in [0, 0.05) is 12.8 Å². The van der Waals surface area contributed by atoms with Gasteiger partial charge in [-0.2, -0.15) is 0 Å². The molecule has 1 unspecified atom stereocenters. The quantitative estimate of drug-likeness (QED) is 0.523. The summed E-state index contributed by atoms with van der Waals surface area (Å²) in [6.45, 7) is 15.5. The summed E-state index contributed by atoms with van der Waals surface area (Å²) >= 11 is 0. The number of nitrogens with zero attached hydrogens (tertiary/aromatic N) is 1. The second-order valence-electron chi connectivity index (χ2n) is 8.30. The topological polar surface area (TPSA) is 12.5 Å². The molecule has 0 aliphatic carbocycles. The van der Waals surface area contributed by atoms with Crippen molar-refractivity contribution in [2.24, 2.45) is 0 Å². The Labute approximate surface area is 133 Å². The zero-order valence-corrected chi connectivity index (χ0v) is 16.9. The van der Waals surface area contributed by atoms with Crippen LogP contribution in [0.1, 0.15) is 5.56 Å². The van der Waals surface area contributed by atoms with Gasteiger partial charge in [-0.1, -0.05) is 69.6 Å². The first kappa shape index (κ1) is 18.6. The maximum absolute atomic E-state index is 5.53. The third kappa shape index (κ3) is 6.91. The minimum Gasteiger partial charge on any atom is -0.369 e. The van der Waals surface area contributed by atoms with E-state index in [-0.39, 0.29) is 0 Å². The normalized spacial score (nSPS) is 14.5. The summed E-state index contributed by atoms with van der Waals surface area (Å²) in [6.07, 6.45) is 2.35. The molecule has 0 bridgehead atoms. The molecule has 0 heterocycles. The predicted octanol–water partition coefficient (Wildman–Crippen LogP) is 4.26. The Hall–Kier alpha value is -0.426. The summed E-state index contributed by atoms with van der Waals surface area (Å²) in [5.74, 6) is 0. The molecule has 0 amide bonds. The SMILES string of the molecule is COCN(C[Si](C)(C)C)C(Cc1ccccc1)[Si](C)(C)C. The molecule has 1 rings (SSSR count). The monoisotopic (exact) mass is 323 g/mol. The largest absolute Gasteiger partial charge is 0.369 e. The molecule has 0 radical (unpaired) electrons. The van der Waals surface area contributed by atoms with Crippen molar-refractivity contribution in [1.29, 1.82) is 0 Å². The number of hydrogen-bond donors (Lipinski definition) is 0. The van der Waals surface area contributed by atoms with E-state index in [1.54, 1.807) is 0 Å². The molecule has 120 valence electrons. The minimum atomic E-state index is -1.30. The molecule has 1 atom stereocenters. The number of ether oxygens (including phenoxy) is 1. The van der Waals surface area contributed by atoms with Crippen molar-refractivity contribution in [3.63, 3.8) is 0 Å². The fraction of sp³-hybridized carbons (Fsp3) is 0.647.